The van der Waals surface area contributed by atoms with Crippen LogP contribution in [0.25, 0.3) is 0 Å². The van der Waals surface area contributed by atoms with Crippen molar-refractivity contribution in [2.45, 2.75) is 50.2 Å². The van der Waals surface area contributed by atoms with Crippen LogP contribution in [0.4, 0.5) is 0 Å². The van der Waals surface area contributed by atoms with Crippen molar-refractivity contribution in [3.63, 3.8) is 0 Å². The maximum Gasteiger partial charge on any atom is 0.236 e. The van der Waals surface area contributed by atoms with Gasteiger partial charge in [-0.25, -0.2) is 0 Å². The molecule has 0 aromatic rings. The Morgan fingerprint density at radius 2 is 1.85 bits per heavy atom. The first-order valence-electron chi connectivity index (χ1n) is 8.11. The van der Waals surface area contributed by atoms with Gasteiger partial charge in [-0.05, 0) is 45.2 Å². The number of hydrogen-bond donors (Lipinski definition) is 1. The summed E-state index contributed by atoms with van der Waals surface area (Å²) >= 11 is 0. The largest absolute Gasteiger partial charge is 0.342 e. The van der Waals surface area contributed by atoms with Gasteiger partial charge in [-0.1, -0.05) is 0 Å². The zero-order valence-corrected chi connectivity index (χ0v) is 12.6. The molecule has 1 unspecified atom stereocenters. The summed E-state index contributed by atoms with van der Waals surface area (Å²) in [7, 11) is 1.96. The number of hydrogen-bond acceptors (Lipinski definition) is 4. The van der Waals surface area contributed by atoms with Gasteiger partial charge >= 0.3 is 0 Å². The van der Waals surface area contributed by atoms with Crippen LogP contribution < -0.4 is 5.73 Å². The fourth-order valence-electron chi connectivity index (χ4n) is 3.51. The highest BCUT2D eigenvalue weighted by Gasteiger charge is 2.33. The molecule has 0 aromatic heterocycles. The minimum Gasteiger partial charge on any atom is -0.342 e. The molecule has 3 fully saturated rings. The van der Waals surface area contributed by atoms with Crippen molar-refractivity contribution >= 4 is 5.91 Å². The first kappa shape index (κ1) is 14.3. The molecule has 20 heavy (non-hydrogen) atoms. The van der Waals surface area contributed by atoms with E-state index in [4.69, 9.17) is 5.73 Å². The number of nitrogens with zero attached hydrogens (tertiary/aromatic N) is 3. The van der Waals surface area contributed by atoms with Crippen molar-refractivity contribution in [1.82, 2.24) is 14.7 Å². The Morgan fingerprint density at radius 1 is 1.15 bits per heavy atom. The van der Waals surface area contributed by atoms with Crippen LogP contribution in [0.15, 0.2) is 0 Å². The van der Waals surface area contributed by atoms with Crippen molar-refractivity contribution < 1.29 is 4.79 Å². The summed E-state index contributed by atoms with van der Waals surface area (Å²) in [5.41, 5.74) is 5.97. The van der Waals surface area contributed by atoms with Crippen molar-refractivity contribution in [2.24, 2.45) is 5.73 Å². The topological polar surface area (TPSA) is 52.8 Å². The Hall–Kier alpha value is -0.650. The molecule has 1 amide bonds. The Labute approximate surface area is 122 Å². The number of amides is 1. The van der Waals surface area contributed by atoms with Gasteiger partial charge in [0.15, 0.2) is 0 Å². The predicted molar refractivity (Wildman–Crippen MR) is 79.4 cm³/mol. The predicted octanol–water partition coefficient (Wildman–Crippen LogP) is 0.105. The van der Waals surface area contributed by atoms with E-state index in [1.54, 1.807) is 0 Å². The number of piperidine rings is 1. The quantitative estimate of drug-likeness (QED) is 0.794. The molecule has 1 aliphatic carbocycles. The molecule has 2 N–H and O–H groups in total. The normalized spacial score (nSPS) is 29.8. The highest BCUT2D eigenvalue weighted by molar-refractivity contribution is 5.78. The molecule has 0 aromatic carbocycles. The lowest BCUT2D eigenvalue weighted by molar-refractivity contribution is -0.131. The van der Waals surface area contributed by atoms with E-state index in [1.807, 2.05) is 11.9 Å². The summed E-state index contributed by atoms with van der Waals surface area (Å²) in [6.07, 6.45) is 5.84. The second-order valence-electron chi connectivity index (χ2n) is 6.79. The Balaban J connectivity index is 1.43. The van der Waals surface area contributed by atoms with Crippen LogP contribution in [-0.2, 0) is 4.79 Å². The van der Waals surface area contributed by atoms with Crippen LogP contribution in [0.2, 0.25) is 0 Å². The van der Waals surface area contributed by atoms with E-state index in [1.165, 1.54) is 19.3 Å². The minimum absolute atomic E-state index is 0.300. The molecule has 0 bridgehead atoms. The van der Waals surface area contributed by atoms with Crippen LogP contribution in [0, 0.1) is 0 Å². The number of carbonyl (C=O) groups excluding carboxylic acids is 1. The Kier molecular flexibility index (Phi) is 4.29. The fourth-order valence-corrected chi connectivity index (χ4v) is 3.51. The molecule has 1 atom stereocenters. The molecule has 114 valence electrons. The Morgan fingerprint density at radius 3 is 2.50 bits per heavy atom. The van der Waals surface area contributed by atoms with Crippen LogP contribution in [0.1, 0.15) is 32.1 Å². The number of carbonyl (C=O) groups is 1. The van der Waals surface area contributed by atoms with Crippen molar-refractivity contribution in [3.05, 3.63) is 0 Å². The summed E-state index contributed by atoms with van der Waals surface area (Å²) in [5.74, 6) is 0.300. The molecule has 5 heteroatoms. The second kappa shape index (κ2) is 6.00. The zero-order chi connectivity index (χ0) is 14.1. The van der Waals surface area contributed by atoms with Gasteiger partial charge in [-0.3, -0.25) is 14.6 Å². The van der Waals surface area contributed by atoms with E-state index in [0.29, 0.717) is 30.6 Å². The molecular formula is C15H28N4O. The first-order valence-corrected chi connectivity index (χ1v) is 8.11. The van der Waals surface area contributed by atoms with Crippen LogP contribution in [-0.4, -0.2) is 78.5 Å². The third-order valence-electron chi connectivity index (χ3n) is 5.18. The SMILES string of the molecule is CN(C(=O)CN1CCC(N2CCC(N)CC2)C1)C1CC1. The maximum atomic E-state index is 12.2. The summed E-state index contributed by atoms with van der Waals surface area (Å²) < 4.78 is 0. The molecular weight excluding hydrogens is 252 g/mol. The van der Waals surface area contributed by atoms with Crippen molar-refractivity contribution in [2.75, 3.05) is 39.8 Å². The van der Waals surface area contributed by atoms with Gasteiger partial charge < -0.3 is 10.6 Å². The molecule has 0 radical (unpaired) electrons. The lowest BCUT2D eigenvalue weighted by Gasteiger charge is -2.34. The van der Waals surface area contributed by atoms with Crippen LogP contribution >= 0.6 is 0 Å². The van der Waals surface area contributed by atoms with Gasteiger partial charge in [0.1, 0.15) is 0 Å². The molecule has 0 spiro atoms. The van der Waals surface area contributed by atoms with E-state index >= 15 is 0 Å². The van der Waals surface area contributed by atoms with E-state index in [-0.39, 0.29) is 0 Å². The highest BCUT2D eigenvalue weighted by Crippen LogP contribution is 2.26. The van der Waals surface area contributed by atoms with Gasteiger partial charge in [0.25, 0.3) is 0 Å². The summed E-state index contributed by atoms with van der Waals surface area (Å²) in [6, 6.07) is 1.57. The van der Waals surface area contributed by atoms with E-state index < -0.39 is 0 Å². The highest BCUT2D eigenvalue weighted by atomic mass is 16.2. The van der Waals surface area contributed by atoms with Gasteiger partial charge in [0.2, 0.25) is 5.91 Å². The summed E-state index contributed by atoms with van der Waals surface area (Å²) in [5, 5.41) is 0. The molecule has 5 nitrogen and oxygen atoms in total. The number of nitrogens with two attached hydrogens (primary N) is 1. The molecule has 1 saturated carbocycles. The van der Waals surface area contributed by atoms with Crippen LogP contribution in [0.3, 0.4) is 0 Å². The third kappa shape index (κ3) is 3.32. The summed E-state index contributed by atoms with van der Waals surface area (Å²) in [6.45, 7) is 5.00. The van der Waals surface area contributed by atoms with Gasteiger partial charge in [-0.15, -0.1) is 0 Å². The van der Waals surface area contributed by atoms with Crippen molar-refractivity contribution in [1.29, 1.82) is 0 Å². The summed E-state index contributed by atoms with van der Waals surface area (Å²) in [4.78, 5) is 19.0. The Bertz CT molecular complexity index is 350. The molecule has 3 aliphatic rings. The molecule has 2 heterocycles. The van der Waals surface area contributed by atoms with E-state index in [0.717, 1.165) is 39.0 Å². The number of rotatable bonds is 4. The number of likely N-dealkylation sites (N-methyl/N-ethyl adjacent to an activating group) is 1. The zero-order valence-electron chi connectivity index (χ0n) is 12.6. The maximum absolute atomic E-state index is 12.2. The number of likely N-dealkylation sites (tertiary alicyclic amines) is 2. The van der Waals surface area contributed by atoms with E-state index in [2.05, 4.69) is 9.80 Å². The van der Waals surface area contributed by atoms with Crippen molar-refractivity contribution in [3.8, 4) is 0 Å². The third-order valence-corrected chi connectivity index (χ3v) is 5.18. The first-order chi connectivity index (χ1) is 9.63. The smallest absolute Gasteiger partial charge is 0.236 e. The second-order valence-corrected chi connectivity index (χ2v) is 6.79. The molecule has 2 aliphatic heterocycles. The lowest BCUT2D eigenvalue weighted by Crippen LogP contribution is -2.46. The molecule has 3 rings (SSSR count). The lowest BCUT2D eigenvalue weighted by atomic mass is 10.0. The average molecular weight is 280 g/mol. The van der Waals surface area contributed by atoms with Gasteiger partial charge in [0, 0.05) is 38.3 Å². The van der Waals surface area contributed by atoms with E-state index in [9.17, 15) is 4.79 Å². The standard InChI is InChI=1S/C15H28N4O/c1-17(13-2-3-13)15(20)11-18-7-6-14(10-18)19-8-4-12(16)5-9-19/h12-14H,2-11,16H2,1H3. The minimum atomic E-state index is 0.300. The van der Waals surface area contributed by atoms with Gasteiger partial charge in [0.05, 0.1) is 6.54 Å². The molecule has 2 saturated heterocycles. The average Bonchev–Trinajstić information content (AvgIpc) is 3.19. The monoisotopic (exact) mass is 280 g/mol. The fraction of sp³-hybridized carbons (Fsp3) is 0.933. The van der Waals surface area contributed by atoms with Crippen LogP contribution in [0.5, 0.6) is 0 Å². The van der Waals surface area contributed by atoms with Gasteiger partial charge in [-0.2, -0.15) is 0 Å².